The van der Waals surface area contributed by atoms with Crippen LogP contribution in [0.2, 0.25) is 0 Å². The van der Waals surface area contributed by atoms with Crippen LogP contribution in [0.4, 0.5) is 11.5 Å². The number of amides is 1. The van der Waals surface area contributed by atoms with Crippen LogP contribution in [0.25, 0.3) is 0 Å². The van der Waals surface area contributed by atoms with Gasteiger partial charge in [0.15, 0.2) is 0 Å². The molecule has 0 saturated carbocycles. The van der Waals surface area contributed by atoms with E-state index in [1.807, 2.05) is 0 Å². The van der Waals surface area contributed by atoms with Crippen LogP contribution in [-0.4, -0.2) is 68.3 Å². The van der Waals surface area contributed by atoms with Crippen LogP contribution in [0.15, 0.2) is 42.6 Å². The number of ether oxygens (including phenoxy) is 2. The summed E-state index contributed by atoms with van der Waals surface area (Å²) < 4.78 is 9.98. The first kappa shape index (κ1) is 19.8. The van der Waals surface area contributed by atoms with Gasteiger partial charge in [0, 0.05) is 38.1 Å². The molecule has 0 spiro atoms. The molecule has 0 radical (unpaired) electrons. The van der Waals surface area contributed by atoms with Gasteiger partial charge < -0.3 is 20.1 Å². The van der Waals surface area contributed by atoms with Gasteiger partial charge in [0.05, 0.1) is 31.5 Å². The zero-order chi connectivity index (χ0) is 19.8. The fraction of sp³-hybridized carbons (Fsp3) is 0.350. The molecule has 1 aliphatic rings. The highest BCUT2D eigenvalue weighted by Crippen LogP contribution is 2.16. The van der Waals surface area contributed by atoms with E-state index in [0.717, 1.165) is 38.5 Å². The highest BCUT2D eigenvalue weighted by Gasteiger charge is 2.11. The number of benzene rings is 1. The van der Waals surface area contributed by atoms with E-state index in [2.05, 4.69) is 25.3 Å². The van der Waals surface area contributed by atoms with Crippen LogP contribution in [0.1, 0.15) is 20.7 Å². The maximum Gasteiger partial charge on any atom is 0.337 e. The van der Waals surface area contributed by atoms with E-state index in [1.165, 1.54) is 13.3 Å². The van der Waals surface area contributed by atoms with E-state index in [-0.39, 0.29) is 11.9 Å². The molecule has 2 aromatic rings. The van der Waals surface area contributed by atoms with Crippen molar-refractivity contribution in [1.29, 1.82) is 0 Å². The third kappa shape index (κ3) is 5.51. The minimum Gasteiger partial charge on any atom is -0.465 e. The Kier molecular flexibility index (Phi) is 6.94. The lowest BCUT2D eigenvalue weighted by atomic mass is 10.2. The van der Waals surface area contributed by atoms with Gasteiger partial charge in [-0.25, -0.2) is 9.78 Å². The fourth-order valence-corrected chi connectivity index (χ4v) is 2.81. The van der Waals surface area contributed by atoms with Crippen molar-refractivity contribution in [3.8, 4) is 0 Å². The number of esters is 1. The first-order valence-corrected chi connectivity index (χ1v) is 9.15. The van der Waals surface area contributed by atoms with Crippen molar-refractivity contribution in [3.63, 3.8) is 0 Å². The molecule has 0 unspecified atom stereocenters. The Morgan fingerprint density at radius 3 is 2.46 bits per heavy atom. The zero-order valence-corrected chi connectivity index (χ0v) is 15.8. The number of pyridine rings is 1. The lowest BCUT2D eigenvalue weighted by molar-refractivity contribution is 0.0383. The SMILES string of the molecule is COC(=O)c1ccc(Nc2ccc(C(=O)NCCN3CCOCC3)cn2)cc1. The van der Waals surface area contributed by atoms with Crippen molar-refractivity contribution in [2.75, 3.05) is 51.8 Å². The van der Waals surface area contributed by atoms with Gasteiger partial charge in [-0.15, -0.1) is 0 Å². The summed E-state index contributed by atoms with van der Waals surface area (Å²) in [4.78, 5) is 30.2. The average Bonchev–Trinajstić information content (AvgIpc) is 2.75. The standard InChI is InChI=1S/C20H24N4O4/c1-27-20(26)15-2-5-17(6-3-15)23-18-7-4-16(14-22-18)19(25)21-8-9-24-10-12-28-13-11-24/h2-7,14H,8-13H2,1H3,(H,21,25)(H,22,23). The summed E-state index contributed by atoms with van der Waals surface area (Å²) in [7, 11) is 1.35. The maximum atomic E-state index is 12.2. The van der Waals surface area contributed by atoms with Crippen molar-refractivity contribution in [2.45, 2.75) is 0 Å². The molecule has 28 heavy (non-hydrogen) atoms. The van der Waals surface area contributed by atoms with Crippen molar-refractivity contribution >= 4 is 23.4 Å². The molecule has 8 heteroatoms. The van der Waals surface area contributed by atoms with Gasteiger partial charge in [-0.3, -0.25) is 9.69 Å². The summed E-state index contributed by atoms with van der Waals surface area (Å²) in [6.45, 7) is 4.70. The van der Waals surface area contributed by atoms with Gasteiger partial charge in [0.25, 0.3) is 5.91 Å². The molecule has 1 amide bonds. The van der Waals surface area contributed by atoms with Crippen LogP contribution in [-0.2, 0) is 9.47 Å². The minimum atomic E-state index is -0.381. The fourth-order valence-electron chi connectivity index (χ4n) is 2.81. The molecule has 148 valence electrons. The van der Waals surface area contributed by atoms with E-state index in [9.17, 15) is 9.59 Å². The van der Waals surface area contributed by atoms with Crippen molar-refractivity contribution in [1.82, 2.24) is 15.2 Å². The number of carbonyl (C=O) groups is 2. The Hall–Kier alpha value is -2.97. The number of carbonyl (C=O) groups excluding carboxylic acids is 2. The van der Waals surface area contributed by atoms with Crippen LogP contribution in [0, 0.1) is 0 Å². The summed E-state index contributed by atoms with van der Waals surface area (Å²) in [6.07, 6.45) is 1.54. The molecule has 0 aliphatic carbocycles. The van der Waals surface area contributed by atoms with E-state index >= 15 is 0 Å². The Balaban J connectivity index is 1.48. The first-order chi connectivity index (χ1) is 13.7. The number of aromatic nitrogens is 1. The number of hydrogen-bond donors (Lipinski definition) is 2. The molecule has 2 N–H and O–H groups in total. The van der Waals surface area contributed by atoms with Crippen LogP contribution in [0.5, 0.6) is 0 Å². The zero-order valence-electron chi connectivity index (χ0n) is 15.8. The molecule has 1 saturated heterocycles. The minimum absolute atomic E-state index is 0.144. The van der Waals surface area contributed by atoms with E-state index in [0.29, 0.717) is 23.5 Å². The van der Waals surface area contributed by atoms with Crippen molar-refractivity contribution in [3.05, 3.63) is 53.7 Å². The van der Waals surface area contributed by atoms with Crippen LogP contribution in [0.3, 0.4) is 0 Å². The molecule has 3 rings (SSSR count). The van der Waals surface area contributed by atoms with Crippen LogP contribution >= 0.6 is 0 Å². The Morgan fingerprint density at radius 2 is 1.82 bits per heavy atom. The summed E-state index contributed by atoms with van der Waals surface area (Å²) in [5, 5.41) is 6.04. The normalized spacial score (nSPS) is 14.3. The third-order valence-corrected chi connectivity index (χ3v) is 4.42. The first-order valence-electron chi connectivity index (χ1n) is 9.15. The Morgan fingerprint density at radius 1 is 1.11 bits per heavy atom. The average molecular weight is 384 g/mol. The van der Waals surface area contributed by atoms with Gasteiger partial charge in [-0.2, -0.15) is 0 Å². The number of methoxy groups -OCH3 is 1. The number of morpholine rings is 1. The topological polar surface area (TPSA) is 92.8 Å². The molecule has 8 nitrogen and oxygen atoms in total. The number of nitrogens with zero attached hydrogens (tertiary/aromatic N) is 2. The molecule has 1 aliphatic heterocycles. The summed E-state index contributed by atoms with van der Waals surface area (Å²) in [5.41, 5.74) is 1.77. The van der Waals surface area contributed by atoms with Crippen molar-refractivity contribution in [2.24, 2.45) is 0 Å². The molecule has 1 aromatic carbocycles. The monoisotopic (exact) mass is 384 g/mol. The molecular formula is C20H24N4O4. The Labute approximate surface area is 163 Å². The largest absolute Gasteiger partial charge is 0.465 e. The summed E-state index contributed by atoms with van der Waals surface area (Å²) in [5.74, 6) is 0.0825. The maximum absolute atomic E-state index is 12.2. The van der Waals surface area contributed by atoms with Gasteiger partial charge >= 0.3 is 5.97 Å². The predicted molar refractivity (Wildman–Crippen MR) is 105 cm³/mol. The lowest BCUT2D eigenvalue weighted by Crippen LogP contribution is -2.41. The lowest BCUT2D eigenvalue weighted by Gasteiger charge is -2.26. The van der Waals surface area contributed by atoms with Gasteiger partial charge in [0.1, 0.15) is 5.82 Å². The number of nitrogens with one attached hydrogen (secondary N) is 2. The number of hydrogen-bond acceptors (Lipinski definition) is 7. The van der Waals surface area contributed by atoms with Crippen LogP contribution < -0.4 is 10.6 Å². The van der Waals surface area contributed by atoms with E-state index in [1.54, 1.807) is 36.4 Å². The van der Waals surface area contributed by atoms with Gasteiger partial charge in [-0.05, 0) is 36.4 Å². The summed E-state index contributed by atoms with van der Waals surface area (Å²) in [6, 6.07) is 10.3. The molecule has 0 bridgehead atoms. The third-order valence-electron chi connectivity index (χ3n) is 4.42. The second-order valence-electron chi connectivity index (χ2n) is 6.34. The highest BCUT2D eigenvalue weighted by molar-refractivity contribution is 5.94. The Bertz CT molecular complexity index is 787. The molecular weight excluding hydrogens is 360 g/mol. The highest BCUT2D eigenvalue weighted by atomic mass is 16.5. The number of rotatable bonds is 7. The smallest absolute Gasteiger partial charge is 0.337 e. The van der Waals surface area contributed by atoms with E-state index in [4.69, 9.17) is 4.74 Å². The molecule has 1 aromatic heterocycles. The predicted octanol–water partition coefficient (Wildman–Crippen LogP) is 1.67. The second-order valence-corrected chi connectivity index (χ2v) is 6.34. The quantitative estimate of drug-likeness (QED) is 0.702. The molecule has 1 fully saturated rings. The van der Waals surface area contributed by atoms with Gasteiger partial charge in [0.2, 0.25) is 0 Å². The number of anilines is 2. The van der Waals surface area contributed by atoms with E-state index < -0.39 is 0 Å². The van der Waals surface area contributed by atoms with Gasteiger partial charge in [-0.1, -0.05) is 0 Å². The van der Waals surface area contributed by atoms with Crippen molar-refractivity contribution < 1.29 is 19.1 Å². The molecule has 2 heterocycles. The molecule has 0 atom stereocenters. The second kappa shape index (κ2) is 9.82. The summed E-state index contributed by atoms with van der Waals surface area (Å²) >= 11 is 0.